The summed E-state index contributed by atoms with van der Waals surface area (Å²) in [5.41, 5.74) is -0.804. The third-order valence-corrected chi connectivity index (χ3v) is 4.35. The highest BCUT2D eigenvalue weighted by Gasteiger charge is 2.57. The fourth-order valence-electron chi connectivity index (χ4n) is 3.39. The monoisotopic (exact) mass is 265 g/mol. The minimum Gasteiger partial charge on any atom is -0.481 e. The molecule has 2 fully saturated rings. The van der Waals surface area contributed by atoms with Gasteiger partial charge >= 0.3 is 5.97 Å². The van der Waals surface area contributed by atoms with E-state index in [0.717, 1.165) is 31.6 Å². The van der Waals surface area contributed by atoms with Gasteiger partial charge in [-0.25, -0.2) is 4.98 Å². The van der Waals surface area contributed by atoms with Gasteiger partial charge in [-0.2, -0.15) is 5.10 Å². The van der Waals surface area contributed by atoms with E-state index in [0.29, 0.717) is 12.8 Å². The fraction of sp³-hybridized carbons (Fsp3) is 0.769. The van der Waals surface area contributed by atoms with Crippen molar-refractivity contribution in [1.82, 2.24) is 14.8 Å². The molecule has 3 rings (SSSR count). The Morgan fingerprint density at radius 2 is 2.47 bits per heavy atom. The van der Waals surface area contributed by atoms with Crippen LogP contribution in [0.5, 0.6) is 0 Å². The second-order valence-electron chi connectivity index (χ2n) is 5.57. The van der Waals surface area contributed by atoms with E-state index in [9.17, 15) is 9.90 Å². The van der Waals surface area contributed by atoms with Crippen molar-refractivity contribution in [3.05, 3.63) is 12.2 Å². The molecule has 2 aliphatic rings. The molecule has 0 saturated carbocycles. The lowest BCUT2D eigenvalue weighted by Crippen LogP contribution is -2.42. The second-order valence-corrected chi connectivity index (χ2v) is 5.57. The van der Waals surface area contributed by atoms with Gasteiger partial charge in [0, 0.05) is 13.0 Å². The molecule has 1 aromatic rings. The van der Waals surface area contributed by atoms with Gasteiger partial charge in [0.25, 0.3) is 0 Å². The van der Waals surface area contributed by atoms with Gasteiger partial charge in [0.2, 0.25) is 0 Å². The second kappa shape index (κ2) is 4.59. The Bertz CT molecular complexity index is 487. The Morgan fingerprint density at radius 1 is 1.63 bits per heavy atom. The van der Waals surface area contributed by atoms with Crippen LogP contribution in [-0.2, 0) is 22.5 Å². The number of carboxylic acids is 1. The molecule has 0 spiro atoms. The summed E-state index contributed by atoms with van der Waals surface area (Å²) in [4.78, 5) is 16.0. The number of aryl methyl sites for hydroxylation is 1. The first-order valence-corrected chi connectivity index (χ1v) is 6.91. The highest BCUT2D eigenvalue weighted by molar-refractivity contribution is 5.76. The number of aliphatic carboxylic acids is 1. The van der Waals surface area contributed by atoms with E-state index in [1.165, 1.54) is 6.33 Å². The number of nitrogens with zero attached hydrogens (tertiary/aromatic N) is 3. The van der Waals surface area contributed by atoms with Crippen LogP contribution in [0.3, 0.4) is 0 Å². The van der Waals surface area contributed by atoms with Crippen molar-refractivity contribution in [2.45, 2.75) is 57.8 Å². The maximum Gasteiger partial charge on any atom is 0.312 e. The van der Waals surface area contributed by atoms with Gasteiger partial charge in [-0.15, -0.1) is 0 Å². The normalized spacial score (nSPS) is 32.9. The molecule has 0 aromatic carbocycles. The van der Waals surface area contributed by atoms with Gasteiger partial charge in [-0.1, -0.05) is 6.92 Å². The third kappa shape index (κ3) is 1.94. The van der Waals surface area contributed by atoms with Crippen LogP contribution in [0.25, 0.3) is 0 Å². The highest BCUT2D eigenvalue weighted by atomic mass is 16.5. The van der Waals surface area contributed by atoms with Crippen LogP contribution < -0.4 is 0 Å². The van der Waals surface area contributed by atoms with Gasteiger partial charge in [0.1, 0.15) is 17.6 Å². The van der Waals surface area contributed by atoms with Crippen LogP contribution in [0.4, 0.5) is 0 Å². The number of aromatic nitrogens is 3. The minimum absolute atomic E-state index is 0.114. The molecule has 19 heavy (non-hydrogen) atoms. The molecule has 0 radical (unpaired) electrons. The first-order chi connectivity index (χ1) is 9.15. The number of carboxylic acid groups (broad SMARTS) is 1. The molecule has 6 heteroatoms. The van der Waals surface area contributed by atoms with Crippen LogP contribution in [0.15, 0.2) is 6.33 Å². The SMILES string of the molecule is CCCn1ncnc1CC1(C(=O)O)CC2CCC1O2. The van der Waals surface area contributed by atoms with E-state index >= 15 is 0 Å². The van der Waals surface area contributed by atoms with E-state index in [4.69, 9.17) is 4.74 Å². The lowest BCUT2D eigenvalue weighted by molar-refractivity contribution is -0.152. The van der Waals surface area contributed by atoms with Crippen molar-refractivity contribution in [2.75, 3.05) is 0 Å². The lowest BCUT2D eigenvalue weighted by Gasteiger charge is -2.30. The summed E-state index contributed by atoms with van der Waals surface area (Å²) in [6, 6.07) is 0. The van der Waals surface area contributed by atoms with E-state index in [1.807, 2.05) is 4.68 Å². The third-order valence-electron chi connectivity index (χ3n) is 4.35. The zero-order chi connectivity index (χ0) is 13.5. The van der Waals surface area contributed by atoms with E-state index < -0.39 is 11.4 Å². The molecule has 3 heterocycles. The van der Waals surface area contributed by atoms with Crippen LogP contribution >= 0.6 is 0 Å². The highest BCUT2D eigenvalue weighted by Crippen LogP contribution is 2.49. The first kappa shape index (κ1) is 12.6. The summed E-state index contributed by atoms with van der Waals surface area (Å²) >= 11 is 0. The summed E-state index contributed by atoms with van der Waals surface area (Å²) < 4.78 is 7.58. The molecular weight excluding hydrogens is 246 g/mol. The molecule has 0 amide bonds. The molecule has 2 bridgehead atoms. The number of hydrogen-bond donors (Lipinski definition) is 1. The number of hydrogen-bond acceptors (Lipinski definition) is 4. The zero-order valence-electron chi connectivity index (χ0n) is 11.1. The Morgan fingerprint density at radius 3 is 3.05 bits per heavy atom. The van der Waals surface area contributed by atoms with Crippen molar-refractivity contribution >= 4 is 5.97 Å². The number of carbonyl (C=O) groups is 1. The van der Waals surface area contributed by atoms with Gasteiger partial charge in [-0.3, -0.25) is 9.48 Å². The largest absolute Gasteiger partial charge is 0.481 e. The van der Waals surface area contributed by atoms with Gasteiger partial charge in [0.05, 0.1) is 12.2 Å². The van der Waals surface area contributed by atoms with Crippen LogP contribution in [-0.4, -0.2) is 38.0 Å². The quantitative estimate of drug-likeness (QED) is 0.867. The molecule has 6 nitrogen and oxygen atoms in total. The van der Waals surface area contributed by atoms with Crippen molar-refractivity contribution in [1.29, 1.82) is 0 Å². The predicted octanol–water partition coefficient (Wildman–Crippen LogP) is 1.25. The molecular formula is C13H19N3O3. The molecule has 1 N–H and O–H groups in total. The minimum atomic E-state index is -0.804. The van der Waals surface area contributed by atoms with Crippen molar-refractivity contribution < 1.29 is 14.6 Å². The van der Waals surface area contributed by atoms with Crippen molar-refractivity contribution in [3.63, 3.8) is 0 Å². The van der Waals surface area contributed by atoms with E-state index in [2.05, 4.69) is 17.0 Å². The van der Waals surface area contributed by atoms with Gasteiger partial charge in [-0.05, 0) is 25.7 Å². The average molecular weight is 265 g/mol. The maximum absolute atomic E-state index is 11.8. The standard InChI is InChI=1S/C13H19N3O3/c1-2-5-16-11(14-8-15-16)7-13(12(17)18)6-9-3-4-10(13)19-9/h8-10H,2-7H2,1H3,(H,17,18). The number of ether oxygens (including phenoxy) is 1. The Kier molecular flexibility index (Phi) is 3.05. The average Bonchev–Trinajstić information content (AvgIpc) is 3.06. The van der Waals surface area contributed by atoms with Crippen LogP contribution in [0.2, 0.25) is 0 Å². The molecule has 2 aliphatic heterocycles. The number of rotatable bonds is 5. The van der Waals surface area contributed by atoms with Crippen LogP contribution in [0, 0.1) is 5.41 Å². The summed E-state index contributed by atoms with van der Waals surface area (Å²) in [5.74, 6) is 0.00569. The smallest absolute Gasteiger partial charge is 0.312 e. The Labute approximate surface area is 111 Å². The molecule has 3 unspecified atom stereocenters. The van der Waals surface area contributed by atoms with Crippen LogP contribution in [0.1, 0.15) is 38.4 Å². The summed E-state index contributed by atoms with van der Waals surface area (Å²) in [7, 11) is 0. The van der Waals surface area contributed by atoms with Crippen molar-refractivity contribution in [3.8, 4) is 0 Å². The van der Waals surface area contributed by atoms with E-state index in [-0.39, 0.29) is 12.2 Å². The summed E-state index contributed by atoms with van der Waals surface area (Å²) in [5, 5.41) is 13.8. The zero-order valence-corrected chi connectivity index (χ0v) is 11.1. The lowest BCUT2D eigenvalue weighted by atomic mass is 9.71. The summed E-state index contributed by atoms with van der Waals surface area (Å²) in [6.07, 6.45) is 5.27. The van der Waals surface area contributed by atoms with Gasteiger partial charge in [0.15, 0.2) is 0 Å². The first-order valence-electron chi connectivity index (χ1n) is 6.91. The molecule has 1 aromatic heterocycles. The fourth-order valence-corrected chi connectivity index (χ4v) is 3.39. The maximum atomic E-state index is 11.8. The van der Waals surface area contributed by atoms with E-state index in [1.54, 1.807) is 0 Å². The predicted molar refractivity (Wildman–Crippen MR) is 66.6 cm³/mol. The molecule has 0 aliphatic carbocycles. The molecule has 2 saturated heterocycles. The van der Waals surface area contributed by atoms with Crippen molar-refractivity contribution in [2.24, 2.45) is 5.41 Å². The van der Waals surface area contributed by atoms with Gasteiger partial charge < -0.3 is 9.84 Å². The topological polar surface area (TPSA) is 77.2 Å². The summed E-state index contributed by atoms with van der Waals surface area (Å²) in [6.45, 7) is 2.85. The Balaban J connectivity index is 1.86. The number of fused-ring (bicyclic) bond motifs is 2. The Hall–Kier alpha value is -1.43. The molecule has 104 valence electrons. The molecule has 3 atom stereocenters.